The molecule has 0 spiro atoms. The van der Waals surface area contributed by atoms with Crippen LogP contribution in [0.5, 0.6) is 0 Å². The van der Waals surface area contributed by atoms with Crippen LogP contribution in [0.1, 0.15) is 16.9 Å². The van der Waals surface area contributed by atoms with Crippen molar-refractivity contribution in [3.63, 3.8) is 0 Å². The van der Waals surface area contributed by atoms with Gasteiger partial charge in [-0.25, -0.2) is 0 Å². The van der Waals surface area contributed by atoms with Crippen LogP contribution in [-0.2, 0) is 6.54 Å². The minimum atomic E-state index is 0.729. The third-order valence-electron chi connectivity index (χ3n) is 1.56. The zero-order valence-corrected chi connectivity index (χ0v) is 6.36. The van der Waals surface area contributed by atoms with Crippen LogP contribution in [0.4, 0.5) is 0 Å². The van der Waals surface area contributed by atoms with Crippen LogP contribution in [0.2, 0.25) is 0 Å². The van der Waals surface area contributed by atoms with Gasteiger partial charge in [0.05, 0.1) is 5.69 Å². The molecule has 2 nitrogen and oxygen atoms in total. The fourth-order valence-electron chi connectivity index (χ4n) is 0.968. The lowest BCUT2D eigenvalue weighted by Crippen LogP contribution is -1.99. The van der Waals surface area contributed by atoms with Gasteiger partial charge in [0.1, 0.15) is 0 Å². The van der Waals surface area contributed by atoms with E-state index in [-0.39, 0.29) is 0 Å². The first-order chi connectivity index (χ1) is 5.38. The average molecular weight is 149 g/mol. The van der Waals surface area contributed by atoms with Crippen molar-refractivity contribution in [2.24, 2.45) is 0 Å². The predicted octanol–water partition coefficient (Wildman–Crippen LogP) is 1.88. The van der Waals surface area contributed by atoms with Crippen molar-refractivity contribution in [2.75, 3.05) is 0 Å². The van der Waals surface area contributed by atoms with Crippen molar-refractivity contribution >= 4 is 6.29 Å². The Hall–Kier alpha value is -1.31. The van der Waals surface area contributed by atoms with E-state index < -0.39 is 0 Å². The molecule has 2 heteroatoms. The number of aryl methyl sites for hydroxylation is 1. The Labute approximate surface area is 66.1 Å². The second kappa shape index (κ2) is 3.76. The molecule has 0 aromatic carbocycles. The Kier molecular flexibility index (Phi) is 2.66. The lowest BCUT2D eigenvalue weighted by atomic mass is 10.4. The van der Waals surface area contributed by atoms with Crippen LogP contribution in [0, 0.1) is 0 Å². The molecule has 0 radical (unpaired) electrons. The van der Waals surface area contributed by atoms with Gasteiger partial charge in [0.25, 0.3) is 0 Å². The molecule has 58 valence electrons. The van der Waals surface area contributed by atoms with Gasteiger partial charge in [-0.1, -0.05) is 6.08 Å². The molecular weight excluding hydrogens is 138 g/mol. The molecule has 0 fully saturated rings. The summed E-state index contributed by atoms with van der Waals surface area (Å²) in [6.45, 7) is 4.45. The number of aldehydes is 1. The van der Waals surface area contributed by atoms with E-state index in [0.717, 1.165) is 24.9 Å². The summed E-state index contributed by atoms with van der Waals surface area (Å²) in [6.07, 6.45) is 5.50. The molecule has 1 rings (SSSR count). The Balaban J connectivity index is 2.67. The summed E-state index contributed by atoms with van der Waals surface area (Å²) in [7, 11) is 0. The molecule has 0 aliphatic carbocycles. The summed E-state index contributed by atoms with van der Waals surface area (Å²) in [6, 6.07) is 3.67. The van der Waals surface area contributed by atoms with E-state index in [0.29, 0.717) is 0 Å². The molecule has 0 N–H and O–H groups in total. The second-order valence-corrected chi connectivity index (χ2v) is 2.32. The molecule has 0 bridgehead atoms. The summed E-state index contributed by atoms with van der Waals surface area (Å²) in [5, 5.41) is 0. The van der Waals surface area contributed by atoms with Gasteiger partial charge >= 0.3 is 0 Å². The van der Waals surface area contributed by atoms with Crippen LogP contribution in [0.15, 0.2) is 31.0 Å². The van der Waals surface area contributed by atoms with Gasteiger partial charge in [0.15, 0.2) is 6.29 Å². The first kappa shape index (κ1) is 7.79. The highest BCUT2D eigenvalue weighted by molar-refractivity contribution is 5.72. The first-order valence-electron chi connectivity index (χ1n) is 3.59. The van der Waals surface area contributed by atoms with Crippen molar-refractivity contribution < 1.29 is 4.79 Å². The molecule has 0 unspecified atom stereocenters. The molecule has 0 aliphatic rings. The van der Waals surface area contributed by atoms with Gasteiger partial charge in [-0.3, -0.25) is 4.79 Å². The van der Waals surface area contributed by atoms with Gasteiger partial charge in [0, 0.05) is 12.7 Å². The number of hydrogen-bond donors (Lipinski definition) is 0. The Morgan fingerprint density at radius 2 is 2.45 bits per heavy atom. The van der Waals surface area contributed by atoms with E-state index in [2.05, 4.69) is 6.58 Å². The van der Waals surface area contributed by atoms with Crippen molar-refractivity contribution in [3.8, 4) is 0 Å². The van der Waals surface area contributed by atoms with E-state index in [1.165, 1.54) is 0 Å². The molecule has 0 saturated heterocycles. The first-order valence-corrected chi connectivity index (χ1v) is 3.59. The van der Waals surface area contributed by atoms with Crippen LogP contribution in [-0.4, -0.2) is 10.9 Å². The van der Waals surface area contributed by atoms with Crippen molar-refractivity contribution in [2.45, 2.75) is 13.0 Å². The quantitative estimate of drug-likeness (QED) is 0.473. The smallest absolute Gasteiger partial charge is 0.166 e. The highest BCUT2D eigenvalue weighted by atomic mass is 16.1. The summed E-state index contributed by atoms with van der Waals surface area (Å²) in [4.78, 5) is 10.4. The maximum Gasteiger partial charge on any atom is 0.166 e. The molecule has 0 aliphatic heterocycles. The normalized spacial score (nSPS) is 9.45. The van der Waals surface area contributed by atoms with Crippen molar-refractivity contribution in [1.82, 2.24) is 4.57 Å². The summed E-state index contributed by atoms with van der Waals surface area (Å²) in [5.74, 6) is 0. The number of carbonyl (C=O) groups excluding carboxylic acids is 1. The molecular formula is C9H11NO. The summed E-state index contributed by atoms with van der Waals surface area (Å²) >= 11 is 0. The third-order valence-corrected chi connectivity index (χ3v) is 1.56. The fraction of sp³-hybridized carbons (Fsp3) is 0.222. The zero-order valence-electron chi connectivity index (χ0n) is 6.36. The molecule has 0 saturated carbocycles. The van der Waals surface area contributed by atoms with Crippen LogP contribution in [0.25, 0.3) is 0 Å². The van der Waals surface area contributed by atoms with Gasteiger partial charge < -0.3 is 4.57 Å². The largest absolute Gasteiger partial charge is 0.345 e. The molecule has 0 atom stereocenters. The highest BCUT2D eigenvalue weighted by Gasteiger charge is 1.95. The fourth-order valence-corrected chi connectivity index (χ4v) is 0.968. The topological polar surface area (TPSA) is 22.0 Å². The van der Waals surface area contributed by atoms with Crippen molar-refractivity contribution in [3.05, 3.63) is 36.7 Å². The minimum absolute atomic E-state index is 0.729. The standard InChI is InChI=1S/C9H11NO/c1-2-3-6-10-7-4-5-9(10)8-11/h2,4-5,7-8H,1,3,6H2. The number of rotatable bonds is 4. The van der Waals surface area contributed by atoms with Gasteiger partial charge in [-0.15, -0.1) is 6.58 Å². The molecule has 1 aromatic rings. The van der Waals surface area contributed by atoms with E-state index in [1.54, 1.807) is 6.07 Å². The predicted molar refractivity (Wildman–Crippen MR) is 44.6 cm³/mol. The van der Waals surface area contributed by atoms with E-state index in [1.807, 2.05) is 22.9 Å². The van der Waals surface area contributed by atoms with E-state index in [4.69, 9.17) is 0 Å². The zero-order chi connectivity index (χ0) is 8.10. The SMILES string of the molecule is C=CCCn1cccc1C=O. The monoisotopic (exact) mass is 149 g/mol. The number of aromatic nitrogens is 1. The maximum absolute atomic E-state index is 10.4. The molecule has 1 aromatic heterocycles. The number of nitrogens with zero attached hydrogens (tertiary/aromatic N) is 1. The third kappa shape index (κ3) is 1.80. The molecule has 0 amide bonds. The lowest BCUT2D eigenvalue weighted by molar-refractivity contribution is 0.111. The van der Waals surface area contributed by atoms with E-state index in [9.17, 15) is 4.79 Å². The van der Waals surface area contributed by atoms with Crippen LogP contribution < -0.4 is 0 Å². The van der Waals surface area contributed by atoms with Crippen molar-refractivity contribution in [1.29, 1.82) is 0 Å². The summed E-state index contributed by atoms with van der Waals surface area (Å²) < 4.78 is 1.91. The second-order valence-electron chi connectivity index (χ2n) is 2.32. The molecule has 1 heterocycles. The Bertz CT molecular complexity index is 250. The Morgan fingerprint density at radius 1 is 1.64 bits per heavy atom. The summed E-state index contributed by atoms with van der Waals surface area (Å²) in [5.41, 5.74) is 0.729. The Morgan fingerprint density at radius 3 is 3.09 bits per heavy atom. The van der Waals surface area contributed by atoms with Gasteiger partial charge in [-0.05, 0) is 18.6 Å². The number of hydrogen-bond acceptors (Lipinski definition) is 1. The average Bonchev–Trinajstić information content (AvgIpc) is 2.47. The minimum Gasteiger partial charge on any atom is -0.345 e. The lowest BCUT2D eigenvalue weighted by Gasteiger charge is -2.00. The highest BCUT2D eigenvalue weighted by Crippen LogP contribution is 2.00. The van der Waals surface area contributed by atoms with Gasteiger partial charge in [-0.2, -0.15) is 0 Å². The van der Waals surface area contributed by atoms with Crippen LogP contribution in [0.3, 0.4) is 0 Å². The maximum atomic E-state index is 10.4. The number of carbonyl (C=O) groups is 1. The number of allylic oxidation sites excluding steroid dienone is 1. The van der Waals surface area contributed by atoms with Crippen LogP contribution >= 0.6 is 0 Å². The van der Waals surface area contributed by atoms with Gasteiger partial charge in [0.2, 0.25) is 0 Å². The van der Waals surface area contributed by atoms with E-state index >= 15 is 0 Å². The molecule has 11 heavy (non-hydrogen) atoms.